The lowest BCUT2D eigenvalue weighted by Gasteiger charge is -2.47. The first-order valence-corrected chi connectivity index (χ1v) is 9.04. The molecule has 3 atom stereocenters. The second-order valence-electron chi connectivity index (χ2n) is 5.79. The highest BCUT2D eigenvalue weighted by Gasteiger charge is 2.51. The second kappa shape index (κ2) is 8.18. The van der Waals surface area contributed by atoms with Crippen LogP contribution in [0.4, 0.5) is 0 Å². The number of β-lactam (4-membered cyclic amide) rings is 1. The summed E-state index contributed by atoms with van der Waals surface area (Å²) in [6.07, 6.45) is -1.65. The maximum absolute atomic E-state index is 12.3. The fourth-order valence-electron chi connectivity index (χ4n) is 3.02. The lowest BCUT2D eigenvalue weighted by molar-refractivity contribution is -0.175. The average Bonchev–Trinajstić information content (AvgIpc) is 3.18. The van der Waals surface area contributed by atoms with E-state index in [9.17, 15) is 9.90 Å². The van der Waals surface area contributed by atoms with E-state index in [4.69, 9.17) is 4.74 Å². The number of carbonyl (C=O) groups is 1. The van der Waals surface area contributed by atoms with Gasteiger partial charge in [0.25, 0.3) is 5.91 Å². The van der Waals surface area contributed by atoms with Crippen LogP contribution in [0.5, 0.6) is 0 Å². The van der Waals surface area contributed by atoms with Crippen LogP contribution in [0.3, 0.4) is 0 Å². The van der Waals surface area contributed by atoms with Crippen molar-refractivity contribution < 1.29 is 14.6 Å². The smallest absolute Gasteiger partial charge is 0.255 e. The van der Waals surface area contributed by atoms with Crippen molar-refractivity contribution in [1.29, 1.82) is 0 Å². The minimum absolute atomic E-state index is 0.173. The SMILES string of the molecule is C=C=C(c1ccccc1)[C@@H](O)[C@H]1[C@@H](OC)C(=O)N1CC#Cc1cccs1. The summed E-state index contributed by atoms with van der Waals surface area (Å²) in [6.45, 7) is 3.93. The second-order valence-corrected chi connectivity index (χ2v) is 6.74. The third-order valence-corrected chi connectivity index (χ3v) is 5.11. The molecule has 1 aromatic heterocycles. The van der Waals surface area contributed by atoms with Crippen LogP contribution < -0.4 is 0 Å². The van der Waals surface area contributed by atoms with Crippen molar-refractivity contribution in [3.8, 4) is 11.8 Å². The number of rotatable bonds is 5. The summed E-state index contributed by atoms with van der Waals surface area (Å²) in [7, 11) is 1.47. The van der Waals surface area contributed by atoms with Gasteiger partial charge in [-0.05, 0) is 17.0 Å². The Morgan fingerprint density at radius 3 is 2.73 bits per heavy atom. The number of aliphatic hydroxyl groups is 1. The van der Waals surface area contributed by atoms with Gasteiger partial charge in [-0.25, -0.2) is 0 Å². The lowest BCUT2D eigenvalue weighted by atomic mass is 9.86. The Kier molecular flexibility index (Phi) is 5.72. The van der Waals surface area contributed by atoms with E-state index in [0.717, 1.165) is 10.4 Å². The number of ether oxygens (including phenoxy) is 1. The van der Waals surface area contributed by atoms with Crippen molar-refractivity contribution in [3.63, 3.8) is 0 Å². The van der Waals surface area contributed by atoms with E-state index < -0.39 is 18.2 Å². The number of hydrogen-bond acceptors (Lipinski definition) is 4. The number of hydrogen-bond donors (Lipinski definition) is 1. The van der Waals surface area contributed by atoms with E-state index in [-0.39, 0.29) is 12.5 Å². The molecule has 132 valence electrons. The summed E-state index contributed by atoms with van der Waals surface area (Å²) in [6, 6.07) is 12.7. The van der Waals surface area contributed by atoms with Gasteiger partial charge in [0.2, 0.25) is 0 Å². The fraction of sp³-hybridized carbons (Fsp3) is 0.238. The normalized spacial score (nSPS) is 19.8. The van der Waals surface area contributed by atoms with Crippen molar-refractivity contribution in [3.05, 3.63) is 70.6 Å². The van der Waals surface area contributed by atoms with E-state index >= 15 is 0 Å². The molecule has 26 heavy (non-hydrogen) atoms. The zero-order valence-corrected chi connectivity index (χ0v) is 15.2. The van der Waals surface area contributed by atoms with Crippen molar-refractivity contribution in [2.24, 2.45) is 0 Å². The summed E-state index contributed by atoms with van der Waals surface area (Å²) in [4.78, 5) is 14.8. The highest BCUT2D eigenvalue weighted by molar-refractivity contribution is 7.10. The Hall–Kier alpha value is -2.61. The van der Waals surface area contributed by atoms with E-state index in [1.165, 1.54) is 7.11 Å². The minimum atomic E-state index is -0.957. The minimum Gasteiger partial charge on any atom is -0.385 e. The van der Waals surface area contributed by atoms with Gasteiger partial charge in [-0.2, -0.15) is 0 Å². The van der Waals surface area contributed by atoms with Gasteiger partial charge in [0.1, 0.15) is 6.10 Å². The van der Waals surface area contributed by atoms with Crippen LogP contribution in [0, 0.1) is 11.8 Å². The summed E-state index contributed by atoms with van der Waals surface area (Å²) in [5.74, 6) is 5.86. The number of aliphatic hydroxyl groups excluding tert-OH is 1. The fourth-order valence-corrected chi connectivity index (χ4v) is 3.62. The molecule has 1 amide bonds. The number of methoxy groups -OCH3 is 1. The van der Waals surface area contributed by atoms with Gasteiger partial charge >= 0.3 is 0 Å². The molecule has 0 bridgehead atoms. The zero-order chi connectivity index (χ0) is 18.5. The highest BCUT2D eigenvalue weighted by atomic mass is 32.1. The first-order chi connectivity index (χ1) is 12.7. The first kappa shape index (κ1) is 18.2. The maximum Gasteiger partial charge on any atom is 0.255 e. The Balaban J connectivity index is 1.80. The van der Waals surface area contributed by atoms with Gasteiger partial charge in [0.05, 0.1) is 17.5 Å². The largest absolute Gasteiger partial charge is 0.385 e. The van der Waals surface area contributed by atoms with E-state index in [0.29, 0.717) is 5.57 Å². The Morgan fingerprint density at radius 2 is 2.12 bits per heavy atom. The molecule has 1 N–H and O–H groups in total. The van der Waals surface area contributed by atoms with Gasteiger partial charge in [0.15, 0.2) is 6.10 Å². The number of carbonyl (C=O) groups excluding carboxylic acids is 1. The molecule has 0 unspecified atom stereocenters. The molecule has 1 aromatic carbocycles. The highest BCUT2D eigenvalue weighted by Crippen LogP contribution is 2.31. The van der Waals surface area contributed by atoms with Gasteiger partial charge < -0.3 is 14.7 Å². The third kappa shape index (κ3) is 3.50. The van der Waals surface area contributed by atoms with Gasteiger partial charge in [-0.3, -0.25) is 4.79 Å². The molecule has 2 aromatic rings. The van der Waals surface area contributed by atoms with Gasteiger partial charge in [-0.15, -0.1) is 17.1 Å². The van der Waals surface area contributed by atoms with E-state index in [2.05, 4.69) is 24.2 Å². The quantitative estimate of drug-likeness (QED) is 0.503. The molecule has 0 saturated carbocycles. The van der Waals surface area contributed by atoms with Crippen LogP contribution >= 0.6 is 11.3 Å². The topological polar surface area (TPSA) is 49.8 Å². The van der Waals surface area contributed by atoms with Crippen LogP contribution in [0.1, 0.15) is 10.4 Å². The van der Waals surface area contributed by atoms with Gasteiger partial charge in [0, 0.05) is 12.7 Å². The molecule has 0 radical (unpaired) electrons. The zero-order valence-electron chi connectivity index (χ0n) is 14.4. The standard InChI is InChI=1S/C21H19NO3S/c1-3-17(15-9-5-4-6-10-15)19(23)18-20(25-2)21(24)22(18)13-7-11-16-12-8-14-26-16/h4-6,8-10,12,14,18-20,23H,1,13H2,2H3/t18-,19+,20+/m0/s1. The molecular formula is C21H19NO3S. The summed E-state index contributed by atoms with van der Waals surface area (Å²) in [5, 5.41) is 12.8. The lowest BCUT2D eigenvalue weighted by Crippen LogP contribution is -2.69. The maximum atomic E-state index is 12.3. The Labute approximate surface area is 157 Å². The molecule has 0 spiro atoms. The molecule has 1 fully saturated rings. The number of nitrogens with zero attached hydrogens (tertiary/aromatic N) is 1. The van der Waals surface area contributed by atoms with Crippen LogP contribution in [0.2, 0.25) is 0 Å². The Bertz CT molecular complexity index is 873. The summed E-state index contributed by atoms with van der Waals surface area (Å²) >= 11 is 1.55. The van der Waals surface area contributed by atoms with Crippen molar-refractivity contribution in [1.82, 2.24) is 4.90 Å². The summed E-state index contributed by atoms with van der Waals surface area (Å²) < 4.78 is 5.29. The molecule has 2 heterocycles. The molecule has 4 nitrogen and oxygen atoms in total. The molecule has 1 saturated heterocycles. The number of likely N-dealkylation sites (tertiary alicyclic amines) is 1. The van der Waals surface area contributed by atoms with Crippen molar-refractivity contribution in [2.45, 2.75) is 18.2 Å². The van der Waals surface area contributed by atoms with Gasteiger partial charge in [-0.1, -0.05) is 54.8 Å². The third-order valence-electron chi connectivity index (χ3n) is 4.33. The molecule has 5 heteroatoms. The van der Waals surface area contributed by atoms with Crippen LogP contribution in [-0.2, 0) is 9.53 Å². The molecule has 0 aliphatic carbocycles. The number of amides is 1. The summed E-state index contributed by atoms with van der Waals surface area (Å²) in [5.41, 5.74) is 4.17. The molecule has 1 aliphatic heterocycles. The predicted molar refractivity (Wildman–Crippen MR) is 102 cm³/mol. The van der Waals surface area contributed by atoms with E-state index in [1.54, 1.807) is 16.2 Å². The van der Waals surface area contributed by atoms with Crippen LogP contribution in [0.15, 0.2) is 60.2 Å². The predicted octanol–water partition coefficient (Wildman–Crippen LogP) is 2.55. The number of thiophene rings is 1. The molecule has 1 aliphatic rings. The van der Waals surface area contributed by atoms with Crippen LogP contribution in [0.25, 0.3) is 5.57 Å². The van der Waals surface area contributed by atoms with Crippen molar-refractivity contribution >= 4 is 22.8 Å². The first-order valence-electron chi connectivity index (χ1n) is 8.16. The van der Waals surface area contributed by atoms with Crippen LogP contribution in [-0.4, -0.2) is 47.8 Å². The average molecular weight is 365 g/mol. The number of benzene rings is 1. The molecule has 3 rings (SSSR count). The Morgan fingerprint density at radius 1 is 1.35 bits per heavy atom. The molecular weight excluding hydrogens is 346 g/mol. The van der Waals surface area contributed by atoms with E-state index in [1.807, 2.05) is 47.8 Å². The monoisotopic (exact) mass is 365 g/mol. The van der Waals surface area contributed by atoms with Crippen molar-refractivity contribution in [2.75, 3.05) is 13.7 Å².